The fourth-order valence-electron chi connectivity index (χ4n) is 2.60. The fourth-order valence-corrected chi connectivity index (χ4v) is 2.60. The van der Waals surface area contributed by atoms with Crippen molar-refractivity contribution in [1.82, 2.24) is 0 Å². The normalized spacial score (nSPS) is 13.3. The second-order valence-electron chi connectivity index (χ2n) is 5.89. The molecule has 0 unspecified atom stereocenters. The number of carbonyl (C=O) groups is 2. The van der Waals surface area contributed by atoms with Crippen molar-refractivity contribution < 1.29 is 33.7 Å². The molecule has 8 heteroatoms. The minimum absolute atomic E-state index is 0.0122. The van der Waals surface area contributed by atoms with E-state index >= 15 is 0 Å². The lowest BCUT2D eigenvalue weighted by Crippen LogP contribution is -2.37. The van der Waals surface area contributed by atoms with Crippen molar-refractivity contribution in [1.29, 1.82) is 0 Å². The Labute approximate surface area is 152 Å². The Kier molecular flexibility index (Phi) is 4.72. The van der Waals surface area contributed by atoms with Crippen LogP contribution in [-0.4, -0.2) is 24.1 Å². The van der Waals surface area contributed by atoms with Gasteiger partial charge in [-0.05, 0) is 19.9 Å². The van der Waals surface area contributed by atoms with Crippen molar-refractivity contribution in [2.45, 2.75) is 26.1 Å². The number of ether oxygens (including phenoxy) is 2. The standard InChI is InChI=1S/C19H16O8/c1-9(17(20)21)25-11-7-14(26-10(2)18(22)23)16-12-5-3-4-6-13(12)19(24)27-15(16)8-11/h3-10H,1-2H3,(H,20,21)(H,22,23)/p-2/t9-,10-/m1/s1. The van der Waals surface area contributed by atoms with E-state index in [2.05, 4.69) is 0 Å². The summed E-state index contributed by atoms with van der Waals surface area (Å²) in [6, 6.07) is 9.25. The Morgan fingerprint density at radius 2 is 1.56 bits per heavy atom. The van der Waals surface area contributed by atoms with Crippen LogP contribution in [-0.2, 0) is 9.59 Å². The molecular formula is C19H14O8-2. The molecule has 1 aromatic heterocycles. The average molecular weight is 370 g/mol. The van der Waals surface area contributed by atoms with E-state index in [1.807, 2.05) is 0 Å². The van der Waals surface area contributed by atoms with Gasteiger partial charge in [-0.15, -0.1) is 0 Å². The number of carbonyl (C=O) groups excluding carboxylic acids is 2. The highest BCUT2D eigenvalue weighted by atomic mass is 16.5. The zero-order valence-electron chi connectivity index (χ0n) is 14.4. The number of carboxylic acids is 2. The summed E-state index contributed by atoms with van der Waals surface area (Å²) >= 11 is 0. The zero-order valence-corrected chi connectivity index (χ0v) is 14.4. The first-order valence-corrected chi connectivity index (χ1v) is 8.02. The first-order chi connectivity index (χ1) is 12.8. The van der Waals surface area contributed by atoms with Gasteiger partial charge in [0.2, 0.25) is 0 Å². The van der Waals surface area contributed by atoms with Gasteiger partial charge >= 0.3 is 5.63 Å². The van der Waals surface area contributed by atoms with E-state index in [1.165, 1.54) is 26.0 Å². The zero-order chi connectivity index (χ0) is 19.7. The number of aliphatic carboxylic acids is 2. The maximum atomic E-state index is 12.2. The van der Waals surface area contributed by atoms with Crippen LogP contribution >= 0.6 is 0 Å². The second-order valence-corrected chi connectivity index (χ2v) is 5.89. The lowest BCUT2D eigenvalue weighted by molar-refractivity contribution is -0.313. The van der Waals surface area contributed by atoms with Crippen molar-refractivity contribution in [2.75, 3.05) is 0 Å². The van der Waals surface area contributed by atoms with Crippen molar-refractivity contribution in [3.05, 3.63) is 46.8 Å². The van der Waals surface area contributed by atoms with Crippen LogP contribution < -0.4 is 25.3 Å². The average Bonchev–Trinajstić information content (AvgIpc) is 2.61. The van der Waals surface area contributed by atoms with Gasteiger partial charge in [0.05, 0.1) is 22.7 Å². The number of fused-ring (bicyclic) bond motifs is 3. The van der Waals surface area contributed by atoms with E-state index < -0.39 is 29.8 Å². The predicted molar refractivity (Wildman–Crippen MR) is 90.2 cm³/mol. The molecule has 27 heavy (non-hydrogen) atoms. The third-order valence-electron chi connectivity index (χ3n) is 3.94. The molecule has 8 nitrogen and oxygen atoms in total. The highest BCUT2D eigenvalue weighted by molar-refractivity contribution is 6.08. The molecule has 0 aliphatic rings. The minimum atomic E-state index is -1.45. The lowest BCUT2D eigenvalue weighted by atomic mass is 10.1. The predicted octanol–water partition coefficient (Wildman–Crippen LogP) is -0.0194. The summed E-state index contributed by atoms with van der Waals surface area (Å²) in [5, 5.41) is 23.1. The maximum Gasteiger partial charge on any atom is 0.344 e. The molecule has 0 spiro atoms. The number of hydrogen-bond acceptors (Lipinski definition) is 8. The van der Waals surface area contributed by atoms with Gasteiger partial charge in [0.15, 0.2) is 0 Å². The Bertz CT molecular complexity index is 1100. The lowest BCUT2D eigenvalue weighted by Gasteiger charge is -2.20. The fraction of sp³-hybridized carbons (Fsp3) is 0.211. The van der Waals surface area contributed by atoms with Gasteiger partial charge in [-0.1, -0.05) is 18.2 Å². The van der Waals surface area contributed by atoms with Crippen molar-refractivity contribution >= 4 is 33.7 Å². The Morgan fingerprint density at radius 3 is 2.19 bits per heavy atom. The molecule has 0 radical (unpaired) electrons. The molecule has 2 atom stereocenters. The molecule has 1 heterocycles. The molecule has 3 rings (SSSR count). The van der Waals surface area contributed by atoms with Gasteiger partial charge in [-0.25, -0.2) is 4.79 Å². The largest absolute Gasteiger partial charge is 0.546 e. The Balaban J connectivity index is 2.28. The van der Waals surface area contributed by atoms with Gasteiger partial charge in [0, 0.05) is 17.5 Å². The highest BCUT2D eigenvalue weighted by Gasteiger charge is 2.17. The van der Waals surface area contributed by atoms with Crippen LogP contribution in [0.4, 0.5) is 0 Å². The summed E-state index contributed by atoms with van der Waals surface area (Å²) in [6.07, 6.45) is -2.60. The smallest absolute Gasteiger partial charge is 0.344 e. The first kappa shape index (κ1) is 18.2. The second kappa shape index (κ2) is 6.99. The topological polar surface area (TPSA) is 129 Å². The number of carboxylic acid groups (broad SMARTS) is 2. The maximum absolute atomic E-state index is 12.2. The molecule has 0 bridgehead atoms. The van der Waals surface area contributed by atoms with Crippen LogP contribution in [0.25, 0.3) is 21.7 Å². The molecule has 0 amide bonds. The van der Waals surface area contributed by atoms with E-state index in [9.17, 15) is 24.6 Å². The molecular weight excluding hydrogens is 356 g/mol. The van der Waals surface area contributed by atoms with Crippen LogP contribution in [0.5, 0.6) is 11.5 Å². The number of hydrogen-bond donors (Lipinski definition) is 0. The summed E-state index contributed by atoms with van der Waals surface area (Å²) in [5.41, 5.74) is -0.551. The molecule has 2 aromatic carbocycles. The summed E-state index contributed by atoms with van der Waals surface area (Å²) in [7, 11) is 0. The molecule has 0 aliphatic heterocycles. The minimum Gasteiger partial charge on any atom is -0.546 e. The van der Waals surface area contributed by atoms with E-state index in [1.54, 1.807) is 24.3 Å². The van der Waals surface area contributed by atoms with Gasteiger partial charge in [-0.2, -0.15) is 0 Å². The van der Waals surface area contributed by atoms with Crippen molar-refractivity contribution in [2.24, 2.45) is 0 Å². The molecule has 0 saturated heterocycles. The Hall–Kier alpha value is -3.55. The molecule has 0 saturated carbocycles. The number of rotatable bonds is 6. The van der Waals surface area contributed by atoms with Gasteiger partial charge in [-0.3, -0.25) is 0 Å². The monoisotopic (exact) mass is 370 g/mol. The molecule has 140 valence electrons. The highest BCUT2D eigenvalue weighted by Crippen LogP contribution is 2.36. The van der Waals surface area contributed by atoms with Crippen LogP contribution in [0.2, 0.25) is 0 Å². The van der Waals surface area contributed by atoms with Crippen LogP contribution in [0.3, 0.4) is 0 Å². The molecule has 3 aromatic rings. The van der Waals surface area contributed by atoms with Crippen LogP contribution in [0.1, 0.15) is 13.8 Å². The van der Waals surface area contributed by atoms with Gasteiger partial charge in [0.1, 0.15) is 29.3 Å². The SMILES string of the molecule is C[C@@H](Oc1cc(O[C@H](C)C(=O)[O-])c2c(c1)oc(=O)c1ccccc12)C(=O)[O-]. The van der Waals surface area contributed by atoms with E-state index in [4.69, 9.17) is 13.9 Å². The molecule has 0 N–H and O–H groups in total. The first-order valence-electron chi connectivity index (χ1n) is 8.02. The van der Waals surface area contributed by atoms with Crippen LogP contribution in [0.15, 0.2) is 45.6 Å². The van der Waals surface area contributed by atoms with E-state index in [0.717, 1.165) is 0 Å². The summed E-state index contributed by atoms with van der Waals surface area (Å²) in [4.78, 5) is 34.2. The molecule has 0 aliphatic carbocycles. The summed E-state index contributed by atoms with van der Waals surface area (Å²) < 4.78 is 16.0. The summed E-state index contributed by atoms with van der Waals surface area (Å²) in [6.45, 7) is 2.54. The summed E-state index contributed by atoms with van der Waals surface area (Å²) in [5.74, 6) is -2.83. The third kappa shape index (κ3) is 3.55. The van der Waals surface area contributed by atoms with E-state index in [0.29, 0.717) is 10.8 Å². The third-order valence-corrected chi connectivity index (χ3v) is 3.94. The van der Waals surface area contributed by atoms with Crippen LogP contribution in [0, 0.1) is 0 Å². The van der Waals surface area contributed by atoms with Gasteiger partial charge < -0.3 is 33.7 Å². The van der Waals surface area contributed by atoms with Crippen molar-refractivity contribution in [3.63, 3.8) is 0 Å². The Morgan fingerprint density at radius 1 is 0.963 bits per heavy atom. The number of benzene rings is 2. The quantitative estimate of drug-likeness (QED) is 0.437. The molecule has 0 fully saturated rings. The van der Waals surface area contributed by atoms with Gasteiger partial charge in [0.25, 0.3) is 0 Å². The van der Waals surface area contributed by atoms with Crippen molar-refractivity contribution in [3.8, 4) is 11.5 Å². The van der Waals surface area contributed by atoms with E-state index in [-0.39, 0.29) is 22.5 Å².